The number of anilines is 1. The van der Waals surface area contributed by atoms with E-state index in [2.05, 4.69) is 9.97 Å². The fourth-order valence-corrected chi connectivity index (χ4v) is 0.821. The van der Waals surface area contributed by atoms with E-state index in [1.165, 1.54) is 0 Å². The van der Waals surface area contributed by atoms with Crippen molar-refractivity contribution in [3.05, 3.63) is 11.4 Å². The molecule has 11 heavy (non-hydrogen) atoms. The maximum absolute atomic E-state index is 5.51. The van der Waals surface area contributed by atoms with E-state index in [9.17, 15) is 0 Å². The lowest BCUT2D eigenvalue weighted by molar-refractivity contribution is 0.392. The number of hydrogen-bond donors (Lipinski definition) is 1. The molecule has 0 aliphatic carbocycles. The van der Waals surface area contributed by atoms with Crippen molar-refractivity contribution in [2.75, 3.05) is 12.8 Å². The number of nitrogens with two attached hydrogens (primary N) is 1. The van der Waals surface area contributed by atoms with Crippen molar-refractivity contribution in [3.8, 4) is 5.88 Å². The Bertz CT molecular complexity index is 273. The summed E-state index contributed by atoms with van der Waals surface area (Å²) < 4.78 is 4.93. The Kier molecular flexibility index (Phi) is 1.94. The fraction of sp³-hybridized carbons (Fsp3) is 0.429. The zero-order valence-corrected chi connectivity index (χ0v) is 6.88. The topological polar surface area (TPSA) is 61.0 Å². The first-order valence-corrected chi connectivity index (χ1v) is 3.30. The van der Waals surface area contributed by atoms with Gasteiger partial charge in [0.2, 0.25) is 5.88 Å². The number of rotatable bonds is 1. The molecule has 0 atom stereocenters. The summed E-state index contributed by atoms with van der Waals surface area (Å²) in [5, 5.41) is 0. The number of aryl methyl sites for hydroxylation is 2. The maximum atomic E-state index is 5.51. The van der Waals surface area contributed by atoms with E-state index in [0.717, 1.165) is 11.4 Å². The van der Waals surface area contributed by atoms with Crippen LogP contribution in [0.2, 0.25) is 0 Å². The number of ether oxygens (including phenoxy) is 1. The van der Waals surface area contributed by atoms with Gasteiger partial charge in [0, 0.05) is 0 Å². The average molecular weight is 153 g/mol. The second-order valence-electron chi connectivity index (χ2n) is 2.29. The van der Waals surface area contributed by atoms with E-state index in [4.69, 9.17) is 10.5 Å². The summed E-state index contributed by atoms with van der Waals surface area (Å²) in [6, 6.07) is 0. The SMILES string of the molecule is COc1nc(N)c(C)nc1C. The minimum Gasteiger partial charge on any atom is -0.480 e. The van der Waals surface area contributed by atoms with Crippen molar-refractivity contribution in [2.45, 2.75) is 13.8 Å². The van der Waals surface area contributed by atoms with Crippen LogP contribution < -0.4 is 10.5 Å². The number of methoxy groups -OCH3 is 1. The predicted octanol–water partition coefficient (Wildman–Crippen LogP) is 0.684. The Labute approximate surface area is 65.4 Å². The molecule has 0 aliphatic heterocycles. The summed E-state index contributed by atoms with van der Waals surface area (Å²) >= 11 is 0. The molecule has 0 unspecified atom stereocenters. The van der Waals surface area contributed by atoms with Gasteiger partial charge >= 0.3 is 0 Å². The maximum Gasteiger partial charge on any atom is 0.237 e. The lowest BCUT2D eigenvalue weighted by Crippen LogP contribution is -2.02. The Morgan fingerprint density at radius 3 is 2.36 bits per heavy atom. The molecule has 60 valence electrons. The molecule has 2 N–H and O–H groups in total. The molecule has 1 aromatic heterocycles. The van der Waals surface area contributed by atoms with E-state index >= 15 is 0 Å². The summed E-state index contributed by atoms with van der Waals surface area (Å²) in [4.78, 5) is 8.12. The van der Waals surface area contributed by atoms with Crippen LogP contribution in [0.3, 0.4) is 0 Å². The highest BCUT2D eigenvalue weighted by Gasteiger charge is 2.04. The Morgan fingerprint density at radius 1 is 1.18 bits per heavy atom. The van der Waals surface area contributed by atoms with Gasteiger partial charge in [0.05, 0.1) is 18.5 Å². The standard InChI is InChI=1S/C7H11N3O/c1-4-6(8)10-7(11-3)5(2)9-4/h1-3H3,(H2,8,10). The summed E-state index contributed by atoms with van der Waals surface area (Å²) in [5.74, 6) is 0.917. The highest BCUT2D eigenvalue weighted by atomic mass is 16.5. The molecule has 0 fully saturated rings. The second kappa shape index (κ2) is 2.74. The summed E-state index contributed by atoms with van der Waals surface area (Å²) in [6.07, 6.45) is 0. The van der Waals surface area contributed by atoms with Gasteiger partial charge in [-0.2, -0.15) is 4.98 Å². The van der Waals surface area contributed by atoms with Gasteiger partial charge in [0.15, 0.2) is 0 Å². The molecular formula is C7H11N3O. The third-order valence-electron chi connectivity index (χ3n) is 1.43. The molecular weight excluding hydrogens is 142 g/mol. The molecule has 4 nitrogen and oxygen atoms in total. The van der Waals surface area contributed by atoms with Crippen LogP contribution in [0.15, 0.2) is 0 Å². The fourth-order valence-electron chi connectivity index (χ4n) is 0.821. The van der Waals surface area contributed by atoms with Crippen LogP contribution in [0.5, 0.6) is 5.88 Å². The van der Waals surface area contributed by atoms with Gasteiger partial charge in [-0.3, -0.25) is 0 Å². The van der Waals surface area contributed by atoms with Crippen molar-refractivity contribution in [1.82, 2.24) is 9.97 Å². The highest BCUT2D eigenvalue weighted by molar-refractivity contribution is 5.37. The van der Waals surface area contributed by atoms with Gasteiger partial charge in [-0.25, -0.2) is 4.98 Å². The Balaban J connectivity index is 3.21. The van der Waals surface area contributed by atoms with Gasteiger partial charge in [0.25, 0.3) is 0 Å². The summed E-state index contributed by atoms with van der Waals surface area (Å²) in [6.45, 7) is 3.65. The van der Waals surface area contributed by atoms with Crippen LogP contribution in [0.25, 0.3) is 0 Å². The van der Waals surface area contributed by atoms with Crippen LogP contribution in [-0.4, -0.2) is 17.1 Å². The van der Waals surface area contributed by atoms with Crippen LogP contribution in [0, 0.1) is 13.8 Å². The summed E-state index contributed by atoms with van der Waals surface area (Å²) in [5.41, 5.74) is 7.01. The van der Waals surface area contributed by atoms with Crippen molar-refractivity contribution >= 4 is 5.82 Å². The van der Waals surface area contributed by atoms with Crippen molar-refractivity contribution in [1.29, 1.82) is 0 Å². The predicted molar refractivity (Wildman–Crippen MR) is 42.5 cm³/mol. The largest absolute Gasteiger partial charge is 0.480 e. The zero-order valence-electron chi connectivity index (χ0n) is 6.88. The Hall–Kier alpha value is -1.32. The molecule has 1 heterocycles. The third kappa shape index (κ3) is 1.39. The van der Waals surface area contributed by atoms with Crippen molar-refractivity contribution < 1.29 is 4.74 Å². The van der Waals surface area contributed by atoms with Gasteiger partial charge in [0.1, 0.15) is 5.82 Å². The zero-order chi connectivity index (χ0) is 8.43. The van der Waals surface area contributed by atoms with Crippen molar-refractivity contribution in [2.24, 2.45) is 0 Å². The molecule has 0 radical (unpaired) electrons. The van der Waals surface area contributed by atoms with E-state index < -0.39 is 0 Å². The molecule has 4 heteroatoms. The number of nitrogens with zero attached hydrogens (tertiary/aromatic N) is 2. The molecule has 0 aliphatic rings. The second-order valence-corrected chi connectivity index (χ2v) is 2.29. The van der Waals surface area contributed by atoms with E-state index in [1.54, 1.807) is 7.11 Å². The molecule has 0 amide bonds. The monoisotopic (exact) mass is 153 g/mol. The molecule has 1 rings (SSSR count). The summed E-state index contributed by atoms with van der Waals surface area (Å²) in [7, 11) is 1.55. The third-order valence-corrected chi connectivity index (χ3v) is 1.43. The van der Waals surface area contributed by atoms with Crippen molar-refractivity contribution in [3.63, 3.8) is 0 Å². The van der Waals surface area contributed by atoms with Gasteiger partial charge in [-0.05, 0) is 13.8 Å². The molecule has 0 saturated heterocycles. The smallest absolute Gasteiger partial charge is 0.237 e. The highest BCUT2D eigenvalue weighted by Crippen LogP contribution is 2.14. The first-order valence-electron chi connectivity index (χ1n) is 3.30. The van der Waals surface area contributed by atoms with Crippen LogP contribution in [0.4, 0.5) is 5.82 Å². The lowest BCUT2D eigenvalue weighted by atomic mass is 10.4. The van der Waals surface area contributed by atoms with Crippen LogP contribution in [-0.2, 0) is 0 Å². The minimum absolute atomic E-state index is 0.424. The van der Waals surface area contributed by atoms with E-state index in [-0.39, 0.29) is 0 Å². The molecule has 1 aromatic rings. The number of hydrogen-bond acceptors (Lipinski definition) is 4. The minimum atomic E-state index is 0.424. The van der Waals surface area contributed by atoms with Gasteiger partial charge < -0.3 is 10.5 Å². The average Bonchev–Trinajstić information content (AvgIpc) is 1.97. The van der Waals surface area contributed by atoms with E-state index in [1.807, 2.05) is 13.8 Å². The van der Waals surface area contributed by atoms with Gasteiger partial charge in [-0.15, -0.1) is 0 Å². The normalized spacial score (nSPS) is 9.73. The van der Waals surface area contributed by atoms with Crippen LogP contribution >= 0.6 is 0 Å². The molecule has 0 spiro atoms. The Morgan fingerprint density at radius 2 is 1.82 bits per heavy atom. The van der Waals surface area contributed by atoms with Crippen LogP contribution in [0.1, 0.15) is 11.4 Å². The van der Waals surface area contributed by atoms with E-state index in [0.29, 0.717) is 11.7 Å². The number of nitrogen functional groups attached to an aromatic ring is 1. The molecule has 0 aromatic carbocycles. The molecule has 0 saturated carbocycles. The number of aromatic nitrogens is 2. The lowest BCUT2D eigenvalue weighted by Gasteiger charge is -2.04. The first kappa shape index (κ1) is 7.78. The van der Waals surface area contributed by atoms with Gasteiger partial charge in [-0.1, -0.05) is 0 Å². The first-order chi connectivity index (χ1) is 5.15. The quantitative estimate of drug-likeness (QED) is 0.644. The molecule has 0 bridgehead atoms.